The predicted molar refractivity (Wildman–Crippen MR) is 132 cm³/mol. The predicted octanol–water partition coefficient (Wildman–Crippen LogP) is 3.54. The van der Waals surface area contributed by atoms with E-state index in [1.165, 1.54) is 23.1 Å². The lowest BCUT2D eigenvalue weighted by molar-refractivity contribution is -0.139. The number of nitrogens with zero attached hydrogens (tertiary/aromatic N) is 2. The molecule has 2 amide bonds. The Morgan fingerprint density at radius 3 is 2.18 bits per heavy atom. The van der Waals surface area contributed by atoms with Crippen molar-refractivity contribution in [1.82, 2.24) is 10.2 Å². The zero-order chi connectivity index (χ0) is 25.6. The Morgan fingerprint density at radius 1 is 1.06 bits per heavy atom. The molecule has 0 aromatic heterocycles. The number of hydrogen-bond acceptors (Lipinski definition) is 4. The molecule has 0 bridgehead atoms. The van der Waals surface area contributed by atoms with E-state index in [-0.39, 0.29) is 18.2 Å². The van der Waals surface area contributed by atoms with Crippen LogP contribution in [0.25, 0.3) is 0 Å². The normalized spacial score (nSPS) is 13.1. The smallest absolute Gasteiger partial charge is 0.244 e. The van der Waals surface area contributed by atoms with Crippen LogP contribution in [0.3, 0.4) is 0 Å². The fourth-order valence-corrected chi connectivity index (χ4v) is 4.40. The highest BCUT2D eigenvalue weighted by Gasteiger charge is 2.31. The quantitative estimate of drug-likeness (QED) is 0.551. The molecule has 0 spiro atoms. The molecule has 186 valence electrons. The van der Waals surface area contributed by atoms with Crippen molar-refractivity contribution in [3.8, 4) is 0 Å². The molecule has 2 aromatic carbocycles. The van der Waals surface area contributed by atoms with Gasteiger partial charge in [0.2, 0.25) is 21.8 Å². The van der Waals surface area contributed by atoms with Gasteiger partial charge in [-0.1, -0.05) is 31.2 Å². The fourth-order valence-electron chi connectivity index (χ4n) is 3.57. The minimum Gasteiger partial charge on any atom is -0.352 e. The number of sulfonamides is 1. The molecular weight excluding hydrogens is 457 g/mol. The average Bonchev–Trinajstić information content (AvgIpc) is 2.74. The molecular formula is C25H34FN3O4S. The zero-order valence-corrected chi connectivity index (χ0v) is 21.4. The Labute approximate surface area is 202 Å². The van der Waals surface area contributed by atoms with Crippen molar-refractivity contribution in [1.29, 1.82) is 0 Å². The molecule has 9 heteroatoms. The lowest BCUT2D eigenvalue weighted by atomic mass is 10.1. The molecule has 0 saturated heterocycles. The molecule has 0 aliphatic rings. The van der Waals surface area contributed by atoms with E-state index in [1.54, 1.807) is 25.1 Å². The summed E-state index contributed by atoms with van der Waals surface area (Å²) in [6, 6.07) is 10.2. The number of aryl methyl sites for hydroxylation is 2. The van der Waals surface area contributed by atoms with Crippen molar-refractivity contribution in [2.45, 2.75) is 59.7 Å². The number of carbonyl (C=O) groups excluding carboxylic acids is 2. The Hall–Kier alpha value is -2.94. The highest BCUT2D eigenvalue weighted by atomic mass is 32.2. The number of benzene rings is 2. The molecule has 1 N–H and O–H groups in total. The second-order valence-electron chi connectivity index (χ2n) is 8.72. The van der Waals surface area contributed by atoms with Crippen molar-refractivity contribution in [3.05, 3.63) is 65.0 Å². The maximum atomic E-state index is 14.4. The van der Waals surface area contributed by atoms with Crippen molar-refractivity contribution in [2.24, 2.45) is 0 Å². The third-order valence-corrected chi connectivity index (χ3v) is 6.78. The Kier molecular flexibility index (Phi) is 9.21. The zero-order valence-electron chi connectivity index (χ0n) is 20.6. The van der Waals surface area contributed by atoms with Crippen LogP contribution in [0.15, 0.2) is 42.5 Å². The number of nitrogens with one attached hydrogen (secondary N) is 1. The molecule has 0 radical (unpaired) electrons. The second-order valence-corrected chi connectivity index (χ2v) is 10.6. The van der Waals surface area contributed by atoms with Crippen LogP contribution >= 0.6 is 0 Å². The van der Waals surface area contributed by atoms with Crippen LogP contribution in [0, 0.1) is 19.7 Å². The highest BCUT2D eigenvalue weighted by Crippen LogP contribution is 2.22. The largest absolute Gasteiger partial charge is 0.352 e. The molecule has 34 heavy (non-hydrogen) atoms. The number of amides is 2. The number of carbonyl (C=O) groups is 2. The first-order valence-electron chi connectivity index (χ1n) is 11.2. The summed E-state index contributed by atoms with van der Waals surface area (Å²) in [6.07, 6.45) is 1.73. The minimum atomic E-state index is -3.82. The van der Waals surface area contributed by atoms with E-state index in [2.05, 4.69) is 5.32 Å². The van der Waals surface area contributed by atoms with E-state index in [9.17, 15) is 22.4 Å². The lowest BCUT2D eigenvalue weighted by Crippen LogP contribution is -2.52. The number of halogens is 1. The van der Waals surface area contributed by atoms with Gasteiger partial charge < -0.3 is 10.2 Å². The van der Waals surface area contributed by atoms with Gasteiger partial charge in [-0.2, -0.15) is 0 Å². The average molecular weight is 492 g/mol. The van der Waals surface area contributed by atoms with Crippen LogP contribution in [0.5, 0.6) is 0 Å². The van der Waals surface area contributed by atoms with E-state index in [1.807, 2.05) is 33.8 Å². The molecule has 0 fully saturated rings. The first-order valence-corrected chi connectivity index (χ1v) is 13.1. The summed E-state index contributed by atoms with van der Waals surface area (Å²) < 4.78 is 40.7. The van der Waals surface area contributed by atoms with Crippen LogP contribution in [0.2, 0.25) is 0 Å². The molecule has 7 nitrogen and oxygen atoms in total. The van der Waals surface area contributed by atoms with Crippen LogP contribution in [-0.2, 0) is 26.2 Å². The molecule has 2 rings (SSSR count). The van der Waals surface area contributed by atoms with Gasteiger partial charge in [-0.05, 0) is 63.4 Å². The summed E-state index contributed by atoms with van der Waals surface area (Å²) in [5.41, 5.74) is 2.29. The van der Waals surface area contributed by atoms with Gasteiger partial charge in [-0.25, -0.2) is 12.8 Å². The van der Waals surface area contributed by atoms with Gasteiger partial charge in [0.25, 0.3) is 0 Å². The van der Waals surface area contributed by atoms with Crippen LogP contribution < -0.4 is 9.62 Å². The Bertz CT molecular complexity index is 1120. The first kappa shape index (κ1) is 27.3. The van der Waals surface area contributed by atoms with Gasteiger partial charge in [0, 0.05) is 18.2 Å². The summed E-state index contributed by atoms with van der Waals surface area (Å²) in [5.74, 6) is -1.51. The fraction of sp³-hybridized carbons (Fsp3) is 0.440. The Morgan fingerprint density at radius 2 is 1.65 bits per heavy atom. The molecule has 0 aliphatic carbocycles. The van der Waals surface area contributed by atoms with Gasteiger partial charge in [-0.15, -0.1) is 0 Å². The van der Waals surface area contributed by atoms with Crippen molar-refractivity contribution in [2.75, 3.05) is 17.1 Å². The number of rotatable bonds is 10. The Balaban J connectivity index is 2.43. The van der Waals surface area contributed by atoms with Gasteiger partial charge in [0.15, 0.2) is 0 Å². The van der Waals surface area contributed by atoms with Gasteiger partial charge >= 0.3 is 0 Å². The molecule has 0 unspecified atom stereocenters. The SMILES string of the molecule is CC[C@@H](C)NC(=O)[C@@H](C)N(Cc1ccccc1F)C(=O)CN(c1cc(C)cc(C)c1)S(C)(=O)=O. The monoisotopic (exact) mass is 491 g/mol. The first-order chi connectivity index (χ1) is 15.8. The molecule has 0 heterocycles. The van der Waals surface area contributed by atoms with E-state index < -0.39 is 40.2 Å². The minimum absolute atomic E-state index is 0.108. The van der Waals surface area contributed by atoms with Crippen LogP contribution in [0.1, 0.15) is 43.9 Å². The third kappa shape index (κ3) is 7.28. The summed E-state index contributed by atoms with van der Waals surface area (Å²) in [5, 5.41) is 2.84. The maximum absolute atomic E-state index is 14.4. The van der Waals surface area contributed by atoms with Gasteiger partial charge in [0.05, 0.1) is 11.9 Å². The summed E-state index contributed by atoms with van der Waals surface area (Å²) in [7, 11) is -3.82. The topological polar surface area (TPSA) is 86.8 Å². The summed E-state index contributed by atoms with van der Waals surface area (Å²) >= 11 is 0. The third-order valence-electron chi connectivity index (χ3n) is 5.64. The van der Waals surface area contributed by atoms with E-state index >= 15 is 0 Å². The molecule has 2 aromatic rings. The van der Waals surface area contributed by atoms with Crippen molar-refractivity contribution >= 4 is 27.5 Å². The summed E-state index contributed by atoms with van der Waals surface area (Å²) in [6.45, 7) is 8.31. The van der Waals surface area contributed by atoms with Gasteiger partial charge in [-0.3, -0.25) is 13.9 Å². The van der Waals surface area contributed by atoms with Gasteiger partial charge in [0.1, 0.15) is 18.4 Å². The lowest BCUT2D eigenvalue weighted by Gasteiger charge is -2.32. The highest BCUT2D eigenvalue weighted by molar-refractivity contribution is 7.92. The van der Waals surface area contributed by atoms with E-state index in [0.29, 0.717) is 12.1 Å². The second kappa shape index (κ2) is 11.5. The molecule has 0 aliphatic heterocycles. The number of hydrogen-bond donors (Lipinski definition) is 1. The molecule has 2 atom stereocenters. The van der Waals surface area contributed by atoms with Crippen molar-refractivity contribution < 1.29 is 22.4 Å². The van der Waals surface area contributed by atoms with Crippen LogP contribution in [0.4, 0.5) is 10.1 Å². The van der Waals surface area contributed by atoms with Crippen molar-refractivity contribution in [3.63, 3.8) is 0 Å². The number of anilines is 1. The standard InChI is InChI=1S/C25H34FN3O4S/c1-7-19(4)27-25(31)20(5)28(15-21-10-8-9-11-23(21)26)24(30)16-29(34(6,32)33)22-13-17(2)12-18(3)14-22/h8-14,19-20H,7,15-16H2,1-6H3,(H,27,31)/t19-,20-/m1/s1. The van der Waals surface area contributed by atoms with E-state index in [0.717, 1.165) is 21.7 Å². The maximum Gasteiger partial charge on any atom is 0.244 e. The van der Waals surface area contributed by atoms with Crippen LogP contribution in [-0.4, -0.2) is 50.0 Å². The van der Waals surface area contributed by atoms with E-state index in [4.69, 9.17) is 0 Å². The molecule has 0 saturated carbocycles. The summed E-state index contributed by atoms with van der Waals surface area (Å²) in [4.78, 5) is 27.5.